The lowest BCUT2D eigenvalue weighted by atomic mass is 10.0. The molecule has 9 nitrogen and oxygen atoms in total. The predicted molar refractivity (Wildman–Crippen MR) is 191 cm³/mol. The van der Waals surface area contributed by atoms with Crippen LogP contribution in [-0.4, -0.2) is 55.5 Å². The number of benzene rings is 3. The van der Waals surface area contributed by atoms with Gasteiger partial charge in [0, 0.05) is 66.8 Å². The third-order valence-corrected chi connectivity index (χ3v) is 10.6. The summed E-state index contributed by atoms with van der Waals surface area (Å²) in [5.74, 6) is 0.721. The summed E-state index contributed by atoms with van der Waals surface area (Å²) in [6.07, 6.45) is 4.38. The number of nitrogens with zero attached hydrogens (tertiary/aromatic N) is 5. The molecule has 0 atom stereocenters. The number of hydrogen-bond acceptors (Lipinski definition) is 6. The fourth-order valence-electron chi connectivity index (χ4n) is 7.01. The summed E-state index contributed by atoms with van der Waals surface area (Å²) in [7, 11) is 5.45. The highest BCUT2D eigenvalue weighted by atomic mass is 35.5. The number of aromatic nitrogens is 5. The first-order valence-corrected chi connectivity index (χ1v) is 17.8. The van der Waals surface area contributed by atoms with E-state index in [1.54, 1.807) is 24.9 Å². The lowest BCUT2D eigenvalue weighted by molar-refractivity contribution is 0.0682. The largest absolute Gasteiger partial charge is 0.493 e. The Hall–Kier alpha value is -4.32. The average molecular weight is 702 g/mol. The Morgan fingerprint density at radius 1 is 1.06 bits per heavy atom. The molecule has 0 spiro atoms. The first kappa shape index (κ1) is 33.2. The molecule has 8 bridgehead atoms. The van der Waals surface area contributed by atoms with Gasteiger partial charge in [0.05, 0.1) is 41.3 Å². The van der Waals surface area contributed by atoms with E-state index >= 15 is 0 Å². The SMILES string of the molecule is COCCn1c(C(=O)O)c2c3ccc(Cl)c(c31)-c1c(cnn1C)CSCc1cc(n(C)n1)CCc1cc(c3ccc(F)cc3c1)OCCC2. The molecule has 1 N–H and O–H groups in total. The molecule has 0 aliphatic carbocycles. The van der Waals surface area contributed by atoms with Crippen LogP contribution in [0.1, 0.15) is 45.0 Å². The van der Waals surface area contributed by atoms with Crippen molar-refractivity contribution in [3.8, 4) is 17.0 Å². The van der Waals surface area contributed by atoms with Crippen molar-refractivity contribution in [1.82, 2.24) is 24.1 Å². The molecule has 1 aliphatic heterocycles. The number of fused-ring (bicyclic) bond motifs is 8. The zero-order valence-corrected chi connectivity index (χ0v) is 29.2. The smallest absolute Gasteiger partial charge is 0.352 e. The standard InChI is InChI=1S/C37H37ClFN5O4S/c1-42-27-8-6-22-15-23-17-25(39)7-9-28(23)32(16-22)48-13-4-5-29-30-10-11-31(38)33(35(30)44(12-14-47-3)36(29)37(45)46)34-24(19-40-43(34)2)20-49-21-26(18-27)41-42/h7,9-11,15-19H,4-6,8,12-14,20-21H2,1-3H3,(H,45,46). The molecule has 4 heterocycles. The summed E-state index contributed by atoms with van der Waals surface area (Å²) < 4.78 is 31.7. The van der Waals surface area contributed by atoms with Gasteiger partial charge in [-0.1, -0.05) is 23.7 Å². The normalized spacial score (nSPS) is 14.1. The van der Waals surface area contributed by atoms with Crippen LogP contribution in [0.15, 0.2) is 54.7 Å². The van der Waals surface area contributed by atoms with Gasteiger partial charge in [0.1, 0.15) is 17.3 Å². The number of rotatable bonds is 4. The molecular weight excluding hydrogens is 665 g/mol. The second-order valence-electron chi connectivity index (χ2n) is 12.4. The van der Waals surface area contributed by atoms with Gasteiger partial charge >= 0.3 is 5.97 Å². The highest BCUT2D eigenvalue weighted by Gasteiger charge is 2.28. The van der Waals surface area contributed by atoms with Gasteiger partial charge in [0.15, 0.2) is 0 Å². The van der Waals surface area contributed by atoms with E-state index in [0.717, 1.165) is 73.9 Å². The van der Waals surface area contributed by atoms with E-state index in [1.165, 1.54) is 12.1 Å². The Bertz CT molecular complexity index is 2210. The minimum Gasteiger partial charge on any atom is -0.493 e. The molecule has 3 aromatic heterocycles. The second kappa shape index (κ2) is 13.9. The summed E-state index contributed by atoms with van der Waals surface area (Å²) in [5, 5.41) is 23.0. The van der Waals surface area contributed by atoms with Crippen molar-refractivity contribution in [1.29, 1.82) is 0 Å². The maximum atomic E-state index is 14.3. The fourth-order valence-corrected chi connectivity index (χ4v) is 8.13. The summed E-state index contributed by atoms with van der Waals surface area (Å²) in [4.78, 5) is 13.0. The molecular formula is C37H37ClFN5O4S. The van der Waals surface area contributed by atoms with Gasteiger partial charge in [-0.05, 0) is 78.6 Å². The van der Waals surface area contributed by atoms with Gasteiger partial charge in [-0.2, -0.15) is 22.0 Å². The van der Waals surface area contributed by atoms with Crippen molar-refractivity contribution in [2.24, 2.45) is 14.1 Å². The van der Waals surface area contributed by atoms with Crippen LogP contribution in [0.2, 0.25) is 5.02 Å². The topological polar surface area (TPSA) is 96.3 Å². The number of carboxylic acid groups (broad SMARTS) is 1. The number of carboxylic acids is 1. The van der Waals surface area contributed by atoms with Crippen LogP contribution in [-0.2, 0) is 56.1 Å². The van der Waals surface area contributed by atoms with Gasteiger partial charge in [0.25, 0.3) is 0 Å². The minimum absolute atomic E-state index is 0.213. The van der Waals surface area contributed by atoms with Crippen molar-refractivity contribution in [2.75, 3.05) is 20.3 Å². The summed E-state index contributed by atoms with van der Waals surface area (Å²) in [6, 6.07) is 14.7. The molecule has 0 fully saturated rings. The molecule has 6 aromatic rings. The predicted octanol–water partition coefficient (Wildman–Crippen LogP) is 7.61. The molecule has 49 heavy (non-hydrogen) atoms. The summed E-state index contributed by atoms with van der Waals surface area (Å²) in [6.45, 7) is 0.995. The van der Waals surface area contributed by atoms with Crippen LogP contribution in [0.3, 0.4) is 0 Å². The number of aromatic carboxylic acids is 1. The van der Waals surface area contributed by atoms with Gasteiger partial charge < -0.3 is 19.1 Å². The van der Waals surface area contributed by atoms with E-state index in [0.29, 0.717) is 54.9 Å². The Labute approximate surface area is 292 Å². The molecule has 0 amide bonds. The maximum Gasteiger partial charge on any atom is 0.352 e. The number of aryl methyl sites for hydroxylation is 5. The molecule has 0 radical (unpaired) electrons. The monoisotopic (exact) mass is 701 g/mol. The Balaban J connectivity index is 1.37. The van der Waals surface area contributed by atoms with Crippen molar-refractivity contribution >= 4 is 51.0 Å². The lowest BCUT2D eigenvalue weighted by Gasteiger charge is -2.14. The Morgan fingerprint density at radius 2 is 1.90 bits per heavy atom. The minimum atomic E-state index is -1.02. The van der Waals surface area contributed by atoms with E-state index in [4.69, 9.17) is 26.2 Å². The average Bonchev–Trinajstić information content (AvgIpc) is 3.72. The molecule has 0 saturated heterocycles. The molecule has 254 valence electrons. The number of thioether (sulfide) groups is 1. The van der Waals surface area contributed by atoms with Crippen LogP contribution in [0.25, 0.3) is 32.9 Å². The number of hydrogen-bond donors (Lipinski definition) is 1. The van der Waals surface area contributed by atoms with Crippen LogP contribution in [0.4, 0.5) is 4.39 Å². The van der Waals surface area contributed by atoms with Crippen LogP contribution < -0.4 is 4.74 Å². The van der Waals surface area contributed by atoms with E-state index in [1.807, 2.05) is 58.5 Å². The zero-order valence-electron chi connectivity index (χ0n) is 27.6. The number of halogens is 2. The van der Waals surface area contributed by atoms with E-state index in [9.17, 15) is 14.3 Å². The molecule has 0 unspecified atom stereocenters. The van der Waals surface area contributed by atoms with Gasteiger partial charge in [-0.25, -0.2) is 9.18 Å². The number of carbonyl (C=O) groups is 1. The number of ether oxygens (including phenoxy) is 2. The third kappa shape index (κ3) is 6.42. The third-order valence-electron chi connectivity index (χ3n) is 9.22. The summed E-state index contributed by atoms with van der Waals surface area (Å²) >= 11 is 8.75. The van der Waals surface area contributed by atoms with E-state index < -0.39 is 5.97 Å². The van der Waals surface area contributed by atoms with E-state index in [2.05, 4.69) is 11.2 Å². The van der Waals surface area contributed by atoms with Crippen LogP contribution >= 0.6 is 23.4 Å². The first-order valence-electron chi connectivity index (χ1n) is 16.2. The van der Waals surface area contributed by atoms with Crippen molar-refractivity contribution in [3.05, 3.63) is 99.3 Å². The van der Waals surface area contributed by atoms with Crippen molar-refractivity contribution < 1.29 is 23.8 Å². The molecule has 12 heteroatoms. The highest BCUT2D eigenvalue weighted by Crippen LogP contribution is 2.42. The van der Waals surface area contributed by atoms with Gasteiger partial charge in [-0.3, -0.25) is 9.36 Å². The first-order chi connectivity index (χ1) is 23.7. The van der Waals surface area contributed by atoms with Crippen molar-refractivity contribution in [2.45, 2.75) is 43.7 Å². The van der Waals surface area contributed by atoms with Crippen molar-refractivity contribution in [3.63, 3.8) is 0 Å². The molecule has 7 rings (SSSR count). The zero-order chi connectivity index (χ0) is 34.2. The molecule has 3 aromatic carbocycles. The van der Waals surface area contributed by atoms with Crippen LogP contribution in [0, 0.1) is 5.82 Å². The Kier molecular flexibility index (Phi) is 9.41. The second-order valence-corrected chi connectivity index (χ2v) is 13.8. The summed E-state index contributed by atoms with van der Waals surface area (Å²) in [5.41, 5.74) is 7.41. The quantitative estimate of drug-likeness (QED) is 0.202. The van der Waals surface area contributed by atoms with Gasteiger partial charge in [0.2, 0.25) is 0 Å². The van der Waals surface area contributed by atoms with Gasteiger partial charge in [-0.15, -0.1) is 0 Å². The molecule has 1 aliphatic rings. The maximum absolute atomic E-state index is 14.3. The van der Waals surface area contributed by atoms with E-state index in [-0.39, 0.29) is 11.5 Å². The van der Waals surface area contributed by atoms with Crippen LogP contribution in [0.5, 0.6) is 5.75 Å². The number of methoxy groups -OCH3 is 1. The highest BCUT2D eigenvalue weighted by molar-refractivity contribution is 7.97. The Morgan fingerprint density at radius 3 is 2.71 bits per heavy atom. The molecule has 0 saturated carbocycles. The fraction of sp³-hybridized carbons (Fsp3) is 0.324. The lowest BCUT2D eigenvalue weighted by Crippen LogP contribution is -2.14.